The van der Waals surface area contributed by atoms with E-state index in [1.54, 1.807) is 0 Å². The number of aliphatic carboxylic acids is 1. The molecule has 0 radical (unpaired) electrons. The molecule has 0 bridgehead atoms. The number of hydrogen-bond donors (Lipinski definition) is 1. The van der Waals surface area contributed by atoms with Crippen LogP contribution in [0.2, 0.25) is 0 Å². The zero-order valence-electron chi connectivity index (χ0n) is 5.63. The first-order valence-electron chi connectivity index (χ1n) is 2.94. The Labute approximate surface area is 64.6 Å². The van der Waals surface area contributed by atoms with E-state index in [0.717, 1.165) is 0 Å². The van der Waals surface area contributed by atoms with Crippen LogP contribution in [-0.4, -0.2) is 29.1 Å². The maximum Gasteiger partial charge on any atom is 0.432 e. The van der Waals surface area contributed by atoms with Gasteiger partial charge in [-0.3, -0.25) is 0 Å². The van der Waals surface area contributed by atoms with E-state index in [2.05, 4.69) is 9.99 Å². The molecular formula is C5H4F3NO3. The number of halogens is 3. The first-order chi connectivity index (χ1) is 5.41. The van der Waals surface area contributed by atoms with Crippen molar-refractivity contribution in [3.8, 4) is 0 Å². The lowest BCUT2D eigenvalue weighted by molar-refractivity contribution is -0.148. The molecule has 1 aliphatic rings. The van der Waals surface area contributed by atoms with Gasteiger partial charge >= 0.3 is 12.1 Å². The summed E-state index contributed by atoms with van der Waals surface area (Å²) < 4.78 is 35.4. The Morgan fingerprint density at radius 1 is 1.67 bits per heavy atom. The van der Waals surface area contributed by atoms with Gasteiger partial charge in [0.05, 0.1) is 0 Å². The predicted octanol–water partition coefficient (Wildman–Crippen LogP) is 0.778. The smallest absolute Gasteiger partial charge is 0.432 e. The van der Waals surface area contributed by atoms with Crippen molar-refractivity contribution >= 4 is 11.7 Å². The highest BCUT2D eigenvalue weighted by Gasteiger charge is 2.43. The molecule has 0 fully saturated rings. The second-order valence-electron chi connectivity index (χ2n) is 2.17. The van der Waals surface area contributed by atoms with Crippen LogP contribution in [0.4, 0.5) is 13.2 Å². The molecule has 1 heterocycles. The minimum Gasteiger partial charge on any atom is -0.478 e. The quantitative estimate of drug-likeness (QED) is 0.653. The highest BCUT2D eigenvalue weighted by atomic mass is 19.4. The summed E-state index contributed by atoms with van der Waals surface area (Å²) in [4.78, 5) is 14.1. The van der Waals surface area contributed by atoms with E-state index in [-0.39, 0.29) is 0 Å². The molecule has 12 heavy (non-hydrogen) atoms. The van der Waals surface area contributed by atoms with Gasteiger partial charge in [-0.1, -0.05) is 5.16 Å². The topological polar surface area (TPSA) is 58.9 Å². The van der Waals surface area contributed by atoms with Gasteiger partial charge < -0.3 is 9.94 Å². The minimum atomic E-state index is -4.59. The van der Waals surface area contributed by atoms with Gasteiger partial charge in [0, 0.05) is 6.42 Å². The molecule has 1 atom stereocenters. The van der Waals surface area contributed by atoms with Gasteiger partial charge in [-0.15, -0.1) is 0 Å². The van der Waals surface area contributed by atoms with Crippen molar-refractivity contribution in [1.29, 1.82) is 0 Å². The van der Waals surface area contributed by atoms with E-state index < -0.39 is 30.4 Å². The Hall–Kier alpha value is -1.27. The predicted molar refractivity (Wildman–Crippen MR) is 30.6 cm³/mol. The van der Waals surface area contributed by atoms with Crippen molar-refractivity contribution in [2.24, 2.45) is 5.16 Å². The molecule has 1 N–H and O–H groups in total. The second kappa shape index (κ2) is 2.65. The number of carbonyl (C=O) groups is 1. The Morgan fingerprint density at radius 3 is 2.50 bits per heavy atom. The van der Waals surface area contributed by atoms with Gasteiger partial charge in [0.25, 0.3) is 0 Å². The van der Waals surface area contributed by atoms with Crippen LogP contribution in [-0.2, 0) is 9.63 Å². The van der Waals surface area contributed by atoms with Crippen molar-refractivity contribution in [1.82, 2.24) is 0 Å². The molecule has 68 valence electrons. The zero-order chi connectivity index (χ0) is 9.35. The third-order valence-electron chi connectivity index (χ3n) is 1.27. The SMILES string of the molecule is O=C(O)C1CC(C(F)(F)F)=NO1. The van der Waals surface area contributed by atoms with Crippen molar-refractivity contribution in [2.45, 2.75) is 18.7 Å². The molecule has 1 unspecified atom stereocenters. The maximum atomic E-state index is 11.8. The fourth-order valence-electron chi connectivity index (χ4n) is 0.677. The van der Waals surface area contributed by atoms with E-state index in [9.17, 15) is 18.0 Å². The van der Waals surface area contributed by atoms with Gasteiger partial charge in [0.2, 0.25) is 6.10 Å². The summed E-state index contributed by atoms with van der Waals surface area (Å²) in [6.45, 7) is 0. The number of oxime groups is 1. The Balaban J connectivity index is 2.61. The molecule has 0 aromatic carbocycles. The van der Waals surface area contributed by atoms with Crippen LogP contribution in [0.1, 0.15) is 6.42 Å². The molecule has 0 aliphatic carbocycles. The summed E-state index contributed by atoms with van der Waals surface area (Å²) in [5, 5.41) is 10.9. The van der Waals surface area contributed by atoms with Crippen molar-refractivity contribution in [3.63, 3.8) is 0 Å². The fourth-order valence-corrected chi connectivity index (χ4v) is 0.677. The van der Waals surface area contributed by atoms with Crippen LogP contribution in [0.3, 0.4) is 0 Å². The largest absolute Gasteiger partial charge is 0.478 e. The van der Waals surface area contributed by atoms with Gasteiger partial charge in [0.15, 0.2) is 5.71 Å². The van der Waals surface area contributed by atoms with Crippen LogP contribution in [0.5, 0.6) is 0 Å². The van der Waals surface area contributed by atoms with Crippen LogP contribution >= 0.6 is 0 Å². The summed E-state index contributed by atoms with van der Waals surface area (Å²) in [6, 6.07) is 0. The molecule has 1 rings (SSSR count). The van der Waals surface area contributed by atoms with Crippen LogP contribution in [0.25, 0.3) is 0 Å². The van der Waals surface area contributed by atoms with E-state index >= 15 is 0 Å². The number of carboxylic acids is 1. The van der Waals surface area contributed by atoms with Crippen molar-refractivity contribution in [2.75, 3.05) is 0 Å². The summed E-state index contributed by atoms with van der Waals surface area (Å²) in [5.41, 5.74) is -1.19. The first kappa shape index (κ1) is 8.82. The number of hydrogen-bond acceptors (Lipinski definition) is 3. The Morgan fingerprint density at radius 2 is 2.25 bits per heavy atom. The van der Waals surface area contributed by atoms with E-state index in [1.165, 1.54) is 0 Å². The summed E-state index contributed by atoms with van der Waals surface area (Å²) in [7, 11) is 0. The minimum absolute atomic E-state index is 0.723. The third-order valence-corrected chi connectivity index (χ3v) is 1.27. The van der Waals surface area contributed by atoms with E-state index in [1.807, 2.05) is 0 Å². The second-order valence-corrected chi connectivity index (χ2v) is 2.17. The zero-order valence-corrected chi connectivity index (χ0v) is 5.63. The molecule has 0 saturated carbocycles. The molecule has 0 aromatic heterocycles. The van der Waals surface area contributed by atoms with Gasteiger partial charge in [-0.25, -0.2) is 4.79 Å². The molecule has 4 nitrogen and oxygen atoms in total. The molecule has 0 amide bonds. The fraction of sp³-hybridized carbons (Fsp3) is 0.600. The van der Waals surface area contributed by atoms with E-state index in [4.69, 9.17) is 5.11 Å². The number of rotatable bonds is 1. The van der Waals surface area contributed by atoms with E-state index in [0.29, 0.717) is 0 Å². The molecule has 1 aliphatic heterocycles. The standard InChI is InChI=1S/C5H4F3NO3/c6-5(7,8)3-1-2(4(10)11)12-9-3/h2H,1H2,(H,10,11). The summed E-state index contributed by atoms with van der Waals surface area (Å²) in [6.07, 6.45) is -6.81. The lowest BCUT2D eigenvalue weighted by Gasteiger charge is -2.02. The van der Waals surface area contributed by atoms with Crippen LogP contribution in [0, 0.1) is 0 Å². The lowest BCUT2D eigenvalue weighted by atomic mass is 10.2. The molecule has 0 aromatic rings. The normalized spacial score (nSPS) is 23.2. The third kappa shape index (κ3) is 1.66. The number of nitrogens with zero attached hydrogens (tertiary/aromatic N) is 1. The Kier molecular flexibility index (Phi) is 1.95. The van der Waals surface area contributed by atoms with Gasteiger partial charge in [-0.2, -0.15) is 13.2 Å². The molecule has 0 saturated heterocycles. The number of carboxylic acid groups (broad SMARTS) is 1. The Bertz CT molecular complexity index is 235. The highest BCUT2D eigenvalue weighted by molar-refractivity contribution is 5.94. The van der Waals surface area contributed by atoms with Crippen LogP contribution in [0.15, 0.2) is 5.16 Å². The van der Waals surface area contributed by atoms with Crippen molar-refractivity contribution in [3.05, 3.63) is 0 Å². The molecule has 7 heteroatoms. The van der Waals surface area contributed by atoms with Crippen molar-refractivity contribution < 1.29 is 27.9 Å². The molecular weight excluding hydrogens is 179 g/mol. The molecule has 0 spiro atoms. The first-order valence-corrected chi connectivity index (χ1v) is 2.94. The van der Waals surface area contributed by atoms with Crippen LogP contribution < -0.4 is 0 Å². The summed E-state index contributed by atoms with van der Waals surface area (Å²) >= 11 is 0. The van der Waals surface area contributed by atoms with Gasteiger partial charge in [0.1, 0.15) is 0 Å². The monoisotopic (exact) mass is 183 g/mol. The average molecular weight is 183 g/mol. The lowest BCUT2D eigenvalue weighted by Crippen LogP contribution is -2.26. The van der Waals surface area contributed by atoms with Gasteiger partial charge in [-0.05, 0) is 0 Å². The average Bonchev–Trinajstić information content (AvgIpc) is 2.30. The maximum absolute atomic E-state index is 11.8. The number of alkyl halides is 3. The highest BCUT2D eigenvalue weighted by Crippen LogP contribution is 2.25. The summed E-state index contributed by atoms with van der Waals surface area (Å²) in [5.74, 6) is -1.45.